The molecule has 20 heavy (non-hydrogen) atoms. The van der Waals surface area contributed by atoms with Gasteiger partial charge in [0.15, 0.2) is 0 Å². The molecule has 0 radical (unpaired) electrons. The Labute approximate surface area is 121 Å². The van der Waals surface area contributed by atoms with Crippen molar-refractivity contribution >= 4 is 0 Å². The summed E-state index contributed by atoms with van der Waals surface area (Å²) in [5.74, 6) is 2.02. The number of nitrogens with zero attached hydrogens (tertiary/aromatic N) is 3. The van der Waals surface area contributed by atoms with Crippen LogP contribution in [0, 0.1) is 5.92 Å². The van der Waals surface area contributed by atoms with Crippen molar-refractivity contribution in [3.05, 3.63) is 54.1 Å². The Kier molecular flexibility index (Phi) is 3.88. The minimum Gasteiger partial charge on any atom is -0.337 e. The number of aryl methyl sites for hydroxylation is 1. The molecule has 1 atom stereocenters. The van der Waals surface area contributed by atoms with E-state index in [1.165, 1.54) is 18.4 Å². The van der Waals surface area contributed by atoms with Gasteiger partial charge in [-0.2, -0.15) is 0 Å². The molecule has 0 saturated heterocycles. The van der Waals surface area contributed by atoms with Crippen molar-refractivity contribution in [2.24, 2.45) is 13.0 Å². The minimum absolute atomic E-state index is 0.631. The summed E-state index contributed by atoms with van der Waals surface area (Å²) in [5, 5.41) is 0. The Morgan fingerprint density at radius 3 is 2.60 bits per heavy atom. The minimum atomic E-state index is 0.631. The Morgan fingerprint density at radius 2 is 2.00 bits per heavy atom. The third-order valence-corrected chi connectivity index (χ3v) is 4.37. The van der Waals surface area contributed by atoms with Crippen LogP contribution in [0.25, 0.3) is 0 Å². The van der Waals surface area contributed by atoms with E-state index in [1.54, 1.807) is 0 Å². The smallest absolute Gasteiger partial charge is 0.122 e. The average molecular weight is 269 g/mol. The van der Waals surface area contributed by atoms with Crippen LogP contribution in [0.5, 0.6) is 0 Å². The van der Waals surface area contributed by atoms with Crippen LogP contribution < -0.4 is 0 Å². The van der Waals surface area contributed by atoms with Gasteiger partial charge in [0.2, 0.25) is 0 Å². The summed E-state index contributed by atoms with van der Waals surface area (Å²) in [6, 6.07) is 11.4. The zero-order valence-corrected chi connectivity index (χ0v) is 12.4. The highest BCUT2D eigenvalue weighted by atomic mass is 15.2. The molecular formula is C17H23N3. The molecule has 1 aliphatic rings. The van der Waals surface area contributed by atoms with E-state index in [2.05, 4.69) is 58.8 Å². The first-order chi connectivity index (χ1) is 9.74. The third kappa shape index (κ3) is 3.10. The Bertz CT molecular complexity index is 542. The molecule has 3 nitrogen and oxygen atoms in total. The van der Waals surface area contributed by atoms with Crippen molar-refractivity contribution in [3.8, 4) is 0 Å². The van der Waals surface area contributed by atoms with Crippen LogP contribution in [0.2, 0.25) is 0 Å². The van der Waals surface area contributed by atoms with Crippen molar-refractivity contribution in [1.29, 1.82) is 0 Å². The van der Waals surface area contributed by atoms with E-state index in [4.69, 9.17) is 0 Å². The summed E-state index contributed by atoms with van der Waals surface area (Å²) in [6.45, 7) is 4.30. The molecule has 0 bridgehead atoms. The van der Waals surface area contributed by atoms with Crippen molar-refractivity contribution in [2.75, 3.05) is 0 Å². The second-order valence-corrected chi connectivity index (χ2v) is 5.92. The lowest BCUT2D eigenvalue weighted by atomic mass is 10.1. The summed E-state index contributed by atoms with van der Waals surface area (Å²) in [4.78, 5) is 7.05. The summed E-state index contributed by atoms with van der Waals surface area (Å²) in [7, 11) is 2.07. The van der Waals surface area contributed by atoms with E-state index in [1.807, 2.05) is 12.4 Å². The van der Waals surface area contributed by atoms with Gasteiger partial charge in [-0.05, 0) is 31.2 Å². The molecule has 1 unspecified atom stereocenters. The van der Waals surface area contributed by atoms with Crippen LogP contribution in [0.4, 0.5) is 0 Å². The zero-order chi connectivity index (χ0) is 13.9. The van der Waals surface area contributed by atoms with Gasteiger partial charge < -0.3 is 4.57 Å². The van der Waals surface area contributed by atoms with Crippen LogP contribution in [0.3, 0.4) is 0 Å². The van der Waals surface area contributed by atoms with Gasteiger partial charge in [0.1, 0.15) is 5.82 Å². The number of imidazole rings is 1. The van der Waals surface area contributed by atoms with Crippen molar-refractivity contribution in [1.82, 2.24) is 14.5 Å². The summed E-state index contributed by atoms with van der Waals surface area (Å²) < 4.78 is 2.12. The van der Waals surface area contributed by atoms with E-state index in [0.717, 1.165) is 24.8 Å². The van der Waals surface area contributed by atoms with E-state index >= 15 is 0 Å². The highest BCUT2D eigenvalue weighted by Crippen LogP contribution is 2.36. The number of hydrogen-bond donors (Lipinski definition) is 0. The topological polar surface area (TPSA) is 21.1 Å². The molecule has 3 rings (SSSR count). The maximum absolute atomic E-state index is 4.48. The normalized spacial score (nSPS) is 16.6. The highest BCUT2D eigenvalue weighted by Gasteiger charge is 2.32. The number of aromatic nitrogens is 2. The lowest BCUT2D eigenvalue weighted by Crippen LogP contribution is -2.34. The molecule has 2 aromatic rings. The molecule has 1 fully saturated rings. The van der Waals surface area contributed by atoms with Gasteiger partial charge in [0.05, 0.1) is 6.54 Å². The number of rotatable bonds is 6. The molecule has 3 heteroatoms. The molecule has 0 spiro atoms. The summed E-state index contributed by atoms with van der Waals surface area (Å²) in [5.41, 5.74) is 1.38. The van der Waals surface area contributed by atoms with Crippen LogP contribution in [-0.2, 0) is 20.1 Å². The van der Waals surface area contributed by atoms with Gasteiger partial charge in [0.25, 0.3) is 0 Å². The van der Waals surface area contributed by atoms with E-state index in [9.17, 15) is 0 Å². The second-order valence-electron chi connectivity index (χ2n) is 5.92. The highest BCUT2D eigenvalue weighted by molar-refractivity contribution is 5.15. The lowest BCUT2D eigenvalue weighted by molar-refractivity contribution is 0.166. The Hall–Kier alpha value is -1.61. The SMILES string of the molecule is CC(C1CC1)N(Cc1ccccc1)Cc1nccn1C. The molecule has 0 aliphatic heterocycles. The fourth-order valence-corrected chi connectivity index (χ4v) is 2.77. The molecule has 0 amide bonds. The standard InChI is InChI=1S/C17H23N3/c1-14(16-8-9-16)20(12-15-6-4-3-5-7-15)13-17-18-10-11-19(17)2/h3-7,10-11,14,16H,8-9,12-13H2,1-2H3. The predicted molar refractivity (Wildman–Crippen MR) is 81.1 cm³/mol. The maximum atomic E-state index is 4.48. The lowest BCUT2D eigenvalue weighted by Gasteiger charge is -2.29. The second kappa shape index (κ2) is 5.80. The number of benzene rings is 1. The fourth-order valence-electron chi connectivity index (χ4n) is 2.77. The van der Waals surface area contributed by atoms with Crippen molar-refractivity contribution in [3.63, 3.8) is 0 Å². The van der Waals surface area contributed by atoms with Gasteiger partial charge in [-0.25, -0.2) is 4.98 Å². The molecule has 1 heterocycles. The quantitative estimate of drug-likeness (QED) is 0.803. The van der Waals surface area contributed by atoms with Crippen LogP contribution >= 0.6 is 0 Å². The van der Waals surface area contributed by atoms with Crippen molar-refractivity contribution in [2.45, 2.75) is 38.9 Å². The van der Waals surface area contributed by atoms with Gasteiger partial charge >= 0.3 is 0 Å². The Balaban J connectivity index is 1.75. The largest absolute Gasteiger partial charge is 0.337 e. The molecule has 1 aromatic carbocycles. The first kappa shape index (κ1) is 13.4. The molecular weight excluding hydrogens is 246 g/mol. The average Bonchev–Trinajstić information content (AvgIpc) is 3.23. The predicted octanol–water partition coefficient (Wildman–Crippen LogP) is 3.22. The van der Waals surface area contributed by atoms with Gasteiger partial charge in [-0.1, -0.05) is 30.3 Å². The molecule has 1 aromatic heterocycles. The molecule has 0 N–H and O–H groups in total. The van der Waals surface area contributed by atoms with Gasteiger partial charge in [0, 0.05) is 32.0 Å². The summed E-state index contributed by atoms with van der Waals surface area (Å²) >= 11 is 0. The first-order valence-electron chi connectivity index (χ1n) is 7.48. The van der Waals surface area contributed by atoms with E-state index in [0.29, 0.717) is 6.04 Å². The van der Waals surface area contributed by atoms with Gasteiger partial charge in [-0.3, -0.25) is 4.90 Å². The molecule has 106 valence electrons. The molecule has 1 saturated carbocycles. The van der Waals surface area contributed by atoms with Crippen molar-refractivity contribution < 1.29 is 0 Å². The third-order valence-electron chi connectivity index (χ3n) is 4.37. The van der Waals surface area contributed by atoms with E-state index in [-0.39, 0.29) is 0 Å². The monoisotopic (exact) mass is 269 g/mol. The van der Waals surface area contributed by atoms with Crippen LogP contribution in [0.15, 0.2) is 42.7 Å². The Morgan fingerprint density at radius 1 is 1.25 bits per heavy atom. The van der Waals surface area contributed by atoms with Crippen LogP contribution in [0.1, 0.15) is 31.2 Å². The maximum Gasteiger partial charge on any atom is 0.122 e. The zero-order valence-electron chi connectivity index (χ0n) is 12.4. The molecule has 1 aliphatic carbocycles. The van der Waals surface area contributed by atoms with Gasteiger partial charge in [-0.15, -0.1) is 0 Å². The summed E-state index contributed by atoms with van der Waals surface area (Å²) in [6.07, 6.45) is 6.68. The van der Waals surface area contributed by atoms with E-state index < -0.39 is 0 Å². The first-order valence-corrected chi connectivity index (χ1v) is 7.48. The number of hydrogen-bond acceptors (Lipinski definition) is 2. The van der Waals surface area contributed by atoms with Crippen LogP contribution in [-0.4, -0.2) is 20.5 Å². The fraction of sp³-hybridized carbons (Fsp3) is 0.471.